The van der Waals surface area contributed by atoms with E-state index in [1.165, 1.54) is 0 Å². The van der Waals surface area contributed by atoms with E-state index < -0.39 is 5.83 Å². The molecule has 1 rings (SSSR count). The van der Waals surface area contributed by atoms with Crippen LogP contribution in [0.5, 0.6) is 0 Å². The molecule has 1 heterocycles. The highest BCUT2D eigenvalue weighted by molar-refractivity contribution is 9.15. The minimum absolute atomic E-state index is 0.0816. The Hall–Kier alpha value is -1.10. The van der Waals surface area contributed by atoms with Crippen LogP contribution in [-0.2, 0) is 0 Å². The van der Waals surface area contributed by atoms with Gasteiger partial charge >= 0.3 is 0 Å². The fraction of sp³-hybridized carbons (Fsp3) is 0. The molecule has 0 aliphatic rings. The van der Waals surface area contributed by atoms with Crippen LogP contribution in [0, 0.1) is 0 Å². The van der Waals surface area contributed by atoms with Crippen LogP contribution in [0.4, 0.5) is 10.2 Å². The van der Waals surface area contributed by atoms with Crippen molar-refractivity contribution in [1.29, 1.82) is 0 Å². The molecule has 0 saturated heterocycles. The van der Waals surface area contributed by atoms with Crippen LogP contribution in [0.1, 0.15) is 11.3 Å². The molecule has 3 N–H and O–H groups in total. The molecule has 0 aliphatic heterocycles. The van der Waals surface area contributed by atoms with Crippen LogP contribution in [0.25, 0.3) is 10.3 Å². The van der Waals surface area contributed by atoms with Crippen molar-refractivity contribution in [2.24, 2.45) is 0 Å². The van der Waals surface area contributed by atoms with E-state index in [9.17, 15) is 4.39 Å². The van der Waals surface area contributed by atoms with Gasteiger partial charge in [-0.15, -0.1) is 0 Å². The van der Waals surface area contributed by atoms with E-state index in [2.05, 4.69) is 39.3 Å². The third kappa shape index (κ3) is 1.40. The first-order chi connectivity index (χ1) is 5.54. The van der Waals surface area contributed by atoms with Crippen LogP contribution >= 0.6 is 15.9 Å². The number of rotatable bonds is 2. The predicted molar refractivity (Wildman–Crippen MR) is 51.1 cm³/mol. The molecule has 1 aromatic rings. The number of halogens is 2. The Morgan fingerprint density at radius 2 is 2.17 bits per heavy atom. The highest BCUT2D eigenvalue weighted by Gasteiger charge is 2.14. The van der Waals surface area contributed by atoms with E-state index in [4.69, 9.17) is 5.73 Å². The smallest absolute Gasteiger partial charge is 0.156 e. The van der Waals surface area contributed by atoms with Gasteiger partial charge in [0, 0.05) is 4.48 Å². The van der Waals surface area contributed by atoms with Crippen molar-refractivity contribution >= 4 is 32.1 Å². The summed E-state index contributed by atoms with van der Waals surface area (Å²) in [5.74, 6) is -0.546. The summed E-state index contributed by atoms with van der Waals surface area (Å²) in [5.41, 5.74) is 5.96. The monoisotopic (exact) mass is 231 g/mol. The van der Waals surface area contributed by atoms with Crippen molar-refractivity contribution in [1.82, 2.24) is 10.2 Å². The largest absolute Gasteiger partial charge is 0.382 e. The first kappa shape index (κ1) is 8.99. The van der Waals surface area contributed by atoms with Gasteiger partial charge in [0.2, 0.25) is 0 Å². The van der Waals surface area contributed by atoms with E-state index in [0.717, 1.165) is 0 Å². The van der Waals surface area contributed by atoms with Crippen LogP contribution in [0.3, 0.4) is 0 Å². The van der Waals surface area contributed by atoms with Gasteiger partial charge in [0.25, 0.3) is 0 Å². The van der Waals surface area contributed by atoms with Crippen LogP contribution in [-0.4, -0.2) is 10.2 Å². The van der Waals surface area contributed by atoms with E-state index in [-0.39, 0.29) is 11.4 Å². The van der Waals surface area contributed by atoms with E-state index in [0.29, 0.717) is 10.2 Å². The highest BCUT2D eigenvalue weighted by atomic mass is 79.9. The molecule has 5 heteroatoms. The molecule has 12 heavy (non-hydrogen) atoms. The zero-order valence-corrected chi connectivity index (χ0v) is 7.78. The molecule has 0 fully saturated rings. The minimum atomic E-state index is -0.628. The summed E-state index contributed by atoms with van der Waals surface area (Å²) in [5, 5.41) is 6.15. The predicted octanol–water partition coefficient (Wildman–Crippen LogP) is 2.30. The number of nitrogens with two attached hydrogens (primary N) is 1. The molecule has 0 radical (unpaired) electrons. The maximum Gasteiger partial charge on any atom is 0.156 e. The summed E-state index contributed by atoms with van der Waals surface area (Å²) >= 11 is 3.09. The summed E-state index contributed by atoms with van der Waals surface area (Å²) in [6.07, 6.45) is 0. The second kappa shape index (κ2) is 3.10. The normalized spacial score (nSPS) is 9.83. The van der Waals surface area contributed by atoms with Gasteiger partial charge in [-0.2, -0.15) is 5.10 Å². The van der Waals surface area contributed by atoms with Gasteiger partial charge in [-0.05, 0) is 15.9 Å². The highest BCUT2D eigenvalue weighted by Crippen LogP contribution is 2.29. The Morgan fingerprint density at radius 1 is 1.58 bits per heavy atom. The molecule has 0 unspecified atom stereocenters. The van der Waals surface area contributed by atoms with Crippen LogP contribution in [0.2, 0.25) is 0 Å². The van der Waals surface area contributed by atoms with Crippen molar-refractivity contribution in [3.63, 3.8) is 0 Å². The Morgan fingerprint density at radius 3 is 2.50 bits per heavy atom. The molecular weight excluding hydrogens is 225 g/mol. The second-order valence-electron chi connectivity index (χ2n) is 2.17. The zero-order valence-electron chi connectivity index (χ0n) is 6.19. The average Bonchev–Trinajstić information content (AvgIpc) is 2.30. The van der Waals surface area contributed by atoms with E-state index in [1.807, 2.05) is 0 Å². The second-order valence-corrected chi connectivity index (χ2v) is 3.13. The quantitative estimate of drug-likeness (QED) is 0.821. The summed E-state index contributed by atoms with van der Waals surface area (Å²) in [6.45, 7) is 6.70. The Labute approximate surface area is 77.3 Å². The van der Waals surface area contributed by atoms with Gasteiger partial charge in [-0.1, -0.05) is 13.2 Å². The zero-order chi connectivity index (χ0) is 9.30. The Balaban J connectivity index is 3.31. The number of aromatic amines is 1. The molecule has 0 saturated carbocycles. The van der Waals surface area contributed by atoms with Gasteiger partial charge in [0.1, 0.15) is 5.83 Å². The number of nitrogens with one attached hydrogen (secondary N) is 1. The van der Waals surface area contributed by atoms with Gasteiger partial charge in [0.15, 0.2) is 5.82 Å². The van der Waals surface area contributed by atoms with E-state index in [1.54, 1.807) is 0 Å². The van der Waals surface area contributed by atoms with Gasteiger partial charge < -0.3 is 5.73 Å². The maximum atomic E-state index is 12.8. The molecule has 0 spiro atoms. The number of anilines is 1. The molecule has 0 aliphatic carbocycles. The lowest BCUT2D eigenvalue weighted by molar-refractivity contribution is 0.763. The molecule has 0 atom stereocenters. The van der Waals surface area contributed by atoms with Crippen molar-refractivity contribution < 1.29 is 4.39 Å². The van der Waals surface area contributed by atoms with Crippen LogP contribution in [0.15, 0.2) is 13.2 Å². The van der Waals surface area contributed by atoms with Gasteiger partial charge in [-0.25, -0.2) is 4.39 Å². The van der Waals surface area contributed by atoms with Crippen molar-refractivity contribution in [2.75, 3.05) is 5.73 Å². The lowest BCUT2D eigenvalue weighted by atomic mass is 10.2. The number of hydrogen-bond acceptors (Lipinski definition) is 2. The lowest BCUT2D eigenvalue weighted by Gasteiger charge is -1.96. The van der Waals surface area contributed by atoms with Gasteiger partial charge in [0.05, 0.1) is 11.3 Å². The molecule has 0 amide bonds. The van der Waals surface area contributed by atoms with Crippen molar-refractivity contribution in [2.45, 2.75) is 0 Å². The molecule has 0 bridgehead atoms. The fourth-order valence-electron chi connectivity index (χ4n) is 0.827. The number of H-pyrrole nitrogens is 1. The minimum Gasteiger partial charge on any atom is -0.382 e. The third-order valence-electron chi connectivity index (χ3n) is 1.34. The molecule has 1 aromatic heterocycles. The summed E-state index contributed by atoms with van der Waals surface area (Å²) in [6, 6.07) is 0. The lowest BCUT2D eigenvalue weighted by Crippen LogP contribution is -1.89. The Bertz CT molecular complexity index is 342. The molecule has 0 aromatic carbocycles. The standard InChI is InChI=1S/C7H7BrFN3/c1-3(8)6-5(4(2)9)7(10)12-11-6/h1-2H2,(H3,10,11,12). The summed E-state index contributed by atoms with van der Waals surface area (Å²) < 4.78 is 13.2. The summed E-state index contributed by atoms with van der Waals surface area (Å²) in [7, 11) is 0. The van der Waals surface area contributed by atoms with Crippen molar-refractivity contribution in [3.8, 4) is 0 Å². The SMILES string of the molecule is C=C(Br)c1[nH]nc(N)c1C(=C)F. The molecule has 3 nitrogen and oxygen atoms in total. The maximum absolute atomic E-state index is 12.8. The number of hydrogen-bond donors (Lipinski definition) is 2. The molecule has 64 valence electrons. The average molecular weight is 232 g/mol. The van der Waals surface area contributed by atoms with E-state index >= 15 is 0 Å². The van der Waals surface area contributed by atoms with Crippen LogP contribution < -0.4 is 5.73 Å². The van der Waals surface area contributed by atoms with Gasteiger partial charge in [-0.3, -0.25) is 5.10 Å². The first-order valence-corrected chi connectivity index (χ1v) is 3.86. The topological polar surface area (TPSA) is 54.7 Å². The number of nitrogen functional groups attached to an aromatic ring is 1. The number of aromatic nitrogens is 2. The fourth-order valence-corrected chi connectivity index (χ4v) is 1.11. The summed E-state index contributed by atoms with van der Waals surface area (Å²) in [4.78, 5) is 0. The Kier molecular flexibility index (Phi) is 2.32. The molecular formula is C7H7BrFN3. The third-order valence-corrected chi connectivity index (χ3v) is 1.73. The van der Waals surface area contributed by atoms with Crippen molar-refractivity contribution in [3.05, 3.63) is 24.4 Å². The number of nitrogens with zero attached hydrogens (tertiary/aromatic N) is 1. The first-order valence-electron chi connectivity index (χ1n) is 3.07.